The minimum atomic E-state index is -4.42. The van der Waals surface area contributed by atoms with Crippen molar-refractivity contribution in [3.63, 3.8) is 0 Å². The number of nitrogens with zero attached hydrogens (tertiary/aromatic N) is 1. The predicted molar refractivity (Wildman–Crippen MR) is 76.6 cm³/mol. The molecule has 2 rings (SSSR count). The zero-order valence-corrected chi connectivity index (χ0v) is 12.2. The van der Waals surface area contributed by atoms with Crippen molar-refractivity contribution < 1.29 is 23.1 Å². The van der Waals surface area contributed by atoms with Crippen LogP contribution >= 0.6 is 0 Å². The summed E-state index contributed by atoms with van der Waals surface area (Å²) in [6.07, 6.45) is -3.86. The third-order valence-corrected chi connectivity index (χ3v) is 3.65. The molecule has 120 valence electrons. The fourth-order valence-corrected chi connectivity index (χ4v) is 2.28. The Kier molecular flexibility index (Phi) is 4.46. The van der Waals surface area contributed by atoms with Crippen LogP contribution in [0.5, 0.6) is 0 Å². The van der Waals surface area contributed by atoms with E-state index < -0.39 is 17.6 Å². The van der Waals surface area contributed by atoms with E-state index in [9.17, 15) is 18.0 Å². The summed E-state index contributed by atoms with van der Waals surface area (Å²) < 4.78 is 39.7. The third-order valence-electron chi connectivity index (χ3n) is 3.65. The zero-order valence-electron chi connectivity index (χ0n) is 12.2. The van der Waals surface area contributed by atoms with Crippen LogP contribution in [0.1, 0.15) is 29.4 Å². The Morgan fingerprint density at radius 1 is 1.36 bits per heavy atom. The van der Waals surface area contributed by atoms with Crippen molar-refractivity contribution >= 4 is 16.8 Å². The molecular weight excluding hydrogens is 297 g/mol. The number of benzene rings is 1. The molecule has 1 aromatic carbocycles. The summed E-state index contributed by atoms with van der Waals surface area (Å²) in [5, 5.41) is 12.1. The Bertz CT molecular complexity index is 688. The van der Waals surface area contributed by atoms with Gasteiger partial charge in [-0.1, -0.05) is 6.92 Å². The summed E-state index contributed by atoms with van der Waals surface area (Å²) in [6, 6.07) is 4.40. The lowest BCUT2D eigenvalue weighted by atomic mass is 10.1. The van der Waals surface area contributed by atoms with E-state index in [-0.39, 0.29) is 18.3 Å². The van der Waals surface area contributed by atoms with Crippen molar-refractivity contribution in [1.29, 1.82) is 0 Å². The second kappa shape index (κ2) is 6.00. The average molecular weight is 314 g/mol. The van der Waals surface area contributed by atoms with Gasteiger partial charge in [0.2, 0.25) is 0 Å². The summed E-state index contributed by atoms with van der Waals surface area (Å²) in [5.74, 6) is -0.423. The number of hydrogen-bond acceptors (Lipinski definition) is 2. The van der Waals surface area contributed by atoms with Crippen molar-refractivity contribution in [2.24, 2.45) is 7.05 Å². The molecule has 0 saturated heterocycles. The summed E-state index contributed by atoms with van der Waals surface area (Å²) in [5.41, 5.74) is 0.0378. The first-order valence-electron chi connectivity index (χ1n) is 6.86. The van der Waals surface area contributed by atoms with Crippen LogP contribution in [0.15, 0.2) is 24.3 Å². The van der Waals surface area contributed by atoms with E-state index >= 15 is 0 Å². The molecule has 0 aliphatic rings. The highest BCUT2D eigenvalue weighted by molar-refractivity contribution is 5.99. The molecule has 1 heterocycles. The fourth-order valence-electron chi connectivity index (χ4n) is 2.28. The number of carbonyl (C=O) groups is 1. The van der Waals surface area contributed by atoms with Crippen LogP contribution in [0.3, 0.4) is 0 Å². The summed E-state index contributed by atoms with van der Waals surface area (Å²) in [6.45, 7) is 1.63. The van der Waals surface area contributed by atoms with Gasteiger partial charge in [-0.25, -0.2) is 0 Å². The van der Waals surface area contributed by atoms with Gasteiger partial charge in [-0.2, -0.15) is 13.2 Å². The Hall–Kier alpha value is -2.02. The van der Waals surface area contributed by atoms with Crippen molar-refractivity contribution in [2.75, 3.05) is 6.61 Å². The quantitative estimate of drug-likeness (QED) is 0.911. The molecule has 0 aliphatic carbocycles. The van der Waals surface area contributed by atoms with Gasteiger partial charge >= 0.3 is 6.18 Å². The molecule has 0 bridgehead atoms. The van der Waals surface area contributed by atoms with E-state index in [0.717, 1.165) is 12.1 Å². The maximum absolute atomic E-state index is 12.7. The fraction of sp³-hybridized carbons (Fsp3) is 0.400. The maximum Gasteiger partial charge on any atom is 0.416 e. The number of aryl methyl sites for hydroxylation is 1. The highest BCUT2D eigenvalue weighted by Gasteiger charge is 2.31. The molecule has 0 fully saturated rings. The lowest BCUT2D eigenvalue weighted by molar-refractivity contribution is -0.137. The van der Waals surface area contributed by atoms with Crippen LogP contribution in [0.25, 0.3) is 10.9 Å². The Morgan fingerprint density at radius 3 is 2.59 bits per heavy atom. The Morgan fingerprint density at radius 2 is 2.05 bits per heavy atom. The molecular formula is C15H17F3N2O2. The lowest BCUT2D eigenvalue weighted by Crippen LogP contribution is -2.37. The van der Waals surface area contributed by atoms with E-state index in [1.54, 1.807) is 7.05 Å². The van der Waals surface area contributed by atoms with Crippen LogP contribution in [-0.4, -0.2) is 28.2 Å². The van der Waals surface area contributed by atoms with Gasteiger partial charge < -0.3 is 15.0 Å². The van der Waals surface area contributed by atoms with Crippen LogP contribution < -0.4 is 5.32 Å². The molecule has 1 unspecified atom stereocenters. The molecule has 0 aliphatic heterocycles. The van der Waals surface area contributed by atoms with Crippen LogP contribution in [0.4, 0.5) is 13.2 Å². The largest absolute Gasteiger partial charge is 0.416 e. The van der Waals surface area contributed by atoms with Gasteiger partial charge in [-0.05, 0) is 30.7 Å². The van der Waals surface area contributed by atoms with Gasteiger partial charge in [0.1, 0.15) is 5.69 Å². The van der Waals surface area contributed by atoms with Crippen LogP contribution in [0, 0.1) is 0 Å². The van der Waals surface area contributed by atoms with Crippen molar-refractivity contribution in [3.8, 4) is 0 Å². The average Bonchev–Trinajstić information content (AvgIpc) is 2.80. The van der Waals surface area contributed by atoms with Gasteiger partial charge in [0.05, 0.1) is 18.2 Å². The normalized spacial score (nSPS) is 13.4. The number of aliphatic hydroxyl groups excluding tert-OH is 1. The molecule has 0 radical (unpaired) electrons. The predicted octanol–water partition coefficient (Wildman–Crippen LogP) is 2.70. The standard InChI is InChI=1S/C15H17F3N2O2/c1-3-11(8-21)19-14(22)13-7-9-6-10(15(16,17)18)4-5-12(9)20(13)2/h4-7,11,21H,3,8H2,1-2H3,(H,19,22). The Labute approximate surface area is 125 Å². The molecule has 1 aromatic heterocycles. The second-order valence-electron chi connectivity index (χ2n) is 5.12. The number of alkyl halides is 3. The zero-order chi connectivity index (χ0) is 16.5. The number of rotatable bonds is 4. The summed E-state index contributed by atoms with van der Waals surface area (Å²) in [4.78, 5) is 12.2. The minimum absolute atomic E-state index is 0.190. The summed E-state index contributed by atoms with van der Waals surface area (Å²) >= 11 is 0. The third kappa shape index (κ3) is 3.09. The van der Waals surface area contributed by atoms with E-state index in [2.05, 4.69) is 5.32 Å². The van der Waals surface area contributed by atoms with Crippen molar-refractivity contribution in [1.82, 2.24) is 9.88 Å². The molecule has 1 amide bonds. The highest BCUT2D eigenvalue weighted by Crippen LogP contribution is 2.32. The number of aromatic nitrogens is 1. The van der Waals surface area contributed by atoms with Crippen molar-refractivity contribution in [3.05, 3.63) is 35.5 Å². The van der Waals surface area contributed by atoms with E-state index in [1.807, 2.05) is 6.92 Å². The monoisotopic (exact) mass is 314 g/mol. The van der Waals surface area contributed by atoms with E-state index in [0.29, 0.717) is 17.3 Å². The number of amides is 1. The van der Waals surface area contributed by atoms with Gasteiger partial charge in [0.15, 0.2) is 0 Å². The molecule has 2 aromatic rings. The highest BCUT2D eigenvalue weighted by atomic mass is 19.4. The van der Waals surface area contributed by atoms with E-state index in [1.165, 1.54) is 16.7 Å². The molecule has 1 atom stereocenters. The smallest absolute Gasteiger partial charge is 0.394 e. The summed E-state index contributed by atoms with van der Waals surface area (Å²) in [7, 11) is 1.62. The molecule has 22 heavy (non-hydrogen) atoms. The molecule has 0 saturated carbocycles. The SMILES string of the molecule is CCC(CO)NC(=O)c1cc2cc(C(F)(F)F)ccc2n1C. The van der Waals surface area contributed by atoms with E-state index in [4.69, 9.17) is 5.11 Å². The molecule has 7 heteroatoms. The number of nitrogens with one attached hydrogen (secondary N) is 1. The van der Waals surface area contributed by atoms with Gasteiger partial charge in [0.25, 0.3) is 5.91 Å². The first kappa shape index (κ1) is 16.4. The number of hydrogen-bond donors (Lipinski definition) is 2. The molecule has 4 nitrogen and oxygen atoms in total. The second-order valence-corrected chi connectivity index (χ2v) is 5.12. The van der Waals surface area contributed by atoms with Crippen molar-refractivity contribution in [2.45, 2.75) is 25.6 Å². The first-order chi connectivity index (χ1) is 10.3. The molecule has 0 spiro atoms. The lowest BCUT2D eigenvalue weighted by Gasteiger charge is -2.14. The Balaban J connectivity index is 2.40. The number of carbonyl (C=O) groups excluding carboxylic acids is 1. The van der Waals surface area contributed by atoms with Crippen LogP contribution in [-0.2, 0) is 13.2 Å². The first-order valence-corrected chi connectivity index (χ1v) is 6.86. The number of aliphatic hydroxyl groups is 1. The minimum Gasteiger partial charge on any atom is -0.394 e. The molecule has 2 N–H and O–H groups in total. The number of halogens is 3. The maximum atomic E-state index is 12.7. The van der Waals surface area contributed by atoms with Gasteiger partial charge in [0, 0.05) is 18.0 Å². The van der Waals surface area contributed by atoms with Gasteiger partial charge in [-0.15, -0.1) is 0 Å². The van der Waals surface area contributed by atoms with Crippen LogP contribution in [0.2, 0.25) is 0 Å². The van der Waals surface area contributed by atoms with Gasteiger partial charge in [-0.3, -0.25) is 4.79 Å². The number of fused-ring (bicyclic) bond motifs is 1. The topological polar surface area (TPSA) is 54.3 Å².